The Morgan fingerprint density at radius 3 is 2.38 bits per heavy atom. The summed E-state index contributed by atoms with van der Waals surface area (Å²) in [5.74, 6) is -0.688. The van der Waals surface area contributed by atoms with Gasteiger partial charge in [0.15, 0.2) is 0 Å². The molecule has 0 atom stereocenters. The average Bonchev–Trinajstić information content (AvgIpc) is 3.07. The van der Waals surface area contributed by atoms with E-state index in [2.05, 4.69) is 5.32 Å². The first-order chi connectivity index (χ1) is 12.6. The minimum atomic E-state index is -0.432. The predicted octanol–water partition coefficient (Wildman–Crippen LogP) is 5.15. The summed E-state index contributed by atoms with van der Waals surface area (Å²) >= 11 is 1.31. The van der Waals surface area contributed by atoms with E-state index in [1.165, 1.54) is 11.3 Å². The normalized spacial score (nSPS) is 10.4. The molecule has 0 spiro atoms. The Morgan fingerprint density at radius 1 is 1.04 bits per heavy atom. The maximum absolute atomic E-state index is 12.5. The molecule has 0 bridgehead atoms. The molecular weight excluding hydrogens is 346 g/mol. The molecule has 0 radical (unpaired) electrons. The van der Waals surface area contributed by atoms with Gasteiger partial charge in [-0.1, -0.05) is 48.0 Å². The quantitative estimate of drug-likeness (QED) is 0.636. The second kappa shape index (κ2) is 7.97. The first-order valence-electron chi connectivity index (χ1n) is 8.33. The molecule has 5 heteroatoms. The predicted molar refractivity (Wildman–Crippen MR) is 105 cm³/mol. The van der Waals surface area contributed by atoms with Crippen molar-refractivity contribution in [2.24, 2.45) is 0 Å². The number of aryl methyl sites for hydroxylation is 1. The number of carbonyl (C=O) groups excluding carboxylic acids is 2. The van der Waals surface area contributed by atoms with E-state index < -0.39 is 5.97 Å². The number of benzene rings is 2. The van der Waals surface area contributed by atoms with Crippen LogP contribution in [0.5, 0.6) is 0 Å². The first kappa shape index (κ1) is 17.9. The maximum atomic E-state index is 12.5. The summed E-state index contributed by atoms with van der Waals surface area (Å²) in [5, 5.41) is 2.85. The molecule has 1 aromatic heterocycles. The van der Waals surface area contributed by atoms with Crippen LogP contribution in [0.3, 0.4) is 0 Å². The van der Waals surface area contributed by atoms with Gasteiger partial charge in [0, 0.05) is 10.4 Å². The lowest BCUT2D eigenvalue weighted by Gasteiger charge is -2.06. The lowest BCUT2D eigenvalue weighted by atomic mass is 10.1. The Kier molecular flexibility index (Phi) is 5.49. The van der Waals surface area contributed by atoms with Crippen LogP contribution in [-0.2, 0) is 4.74 Å². The van der Waals surface area contributed by atoms with Crippen LogP contribution in [0.25, 0.3) is 10.4 Å². The summed E-state index contributed by atoms with van der Waals surface area (Å²) in [6.07, 6.45) is 0. The van der Waals surface area contributed by atoms with E-state index in [-0.39, 0.29) is 12.5 Å². The molecule has 26 heavy (non-hydrogen) atoms. The fraction of sp³-hybridized carbons (Fsp3) is 0.143. The molecule has 0 aliphatic rings. The van der Waals surface area contributed by atoms with Gasteiger partial charge in [0.05, 0.1) is 12.3 Å². The van der Waals surface area contributed by atoms with E-state index in [1.54, 1.807) is 19.1 Å². The Bertz CT molecular complexity index is 914. The molecule has 0 fully saturated rings. The summed E-state index contributed by atoms with van der Waals surface area (Å²) in [5.41, 5.74) is 3.07. The van der Waals surface area contributed by atoms with E-state index in [0.717, 1.165) is 16.0 Å². The fourth-order valence-electron chi connectivity index (χ4n) is 2.48. The summed E-state index contributed by atoms with van der Waals surface area (Å²) in [6, 6.07) is 18.8. The molecular formula is C21H19NO3S. The highest BCUT2D eigenvalue weighted by Crippen LogP contribution is 2.35. The number of hydrogen-bond donors (Lipinski definition) is 1. The highest BCUT2D eigenvalue weighted by Gasteiger charge is 2.20. The highest BCUT2D eigenvalue weighted by atomic mass is 32.1. The van der Waals surface area contributed by atoms with Gasteiger partial charge in [-0.25, -0.2) is 4.79 Å². The Morgan fingerprint density at radius 2 is 1.73 bits per heavy atom. The van der Waals surface area contributed by atoms with Crippen molar-refractivity contribution in [2.75, 3.05) is 11.9 Å². The van der Waals surface area contributed by atoms with Gasteiger partial charge in [-0.2, -0.15) is 0 Å². The van der Waals surface area contributed by atoms with Gasteiger partial charge in [0.25, 0.3) is 5.91 Å². The third-order valence-electron chi connectivity index (χ3n) is 3.81. The number of thiophene rings is 1. The first-order valence-corrected chi connectivity index (χ1v) is 9.14. The van der Waals surface area contributed by atoms with E-state index in [1.807, 2.05) is 55.5 Å². The highest BCUT2D eigenvalue weighted by molar-refractivity contribution is 7.18. The molecule has 0 saturated carbocycles. The Hall–Kier alpha value is -2.92. The van der Waals surface area contributed by atoms with Crippen LogP contribution in [0.2, 0.25) is 0 Å². The SMILES string of the molecule is CCOC(=O)c1sc(-c2ccccc2)cc1NC(=O)c1ccc(C)cc1. The number of anilines is 1. The number of carbonyl (C=O) groups is 2. The lowest BCUT2D eigenvalue weighted by molar-refractivity contribution is 0.0533. The largest absolute Gasteiger partial charge is 0.462 e. The third-order valence-corrected chi connectivity index (χ3v) is 4.98. The van der Waals surface area contributed by atoms with Crippen LogP contribution in [0.4, 0.5) is 5.69 Å². The molecule has 3 rings (SSSR count). The minimum absolute atomic E-state index is 0.257. The second-order valence-corrected chi connectivity index (χ2v) is 6.81. The number of rotatable bonds is 5. The Labute approximate surface area is 156 Å². The molecule has 1 N–H and O–H groups in total. The van der Waals surface area contributed by atoms with Crippen LogP contribution < -0.4 is 5.32 Å². The van der Waals surface area contributed by atoms with Gasteiger partial charge in [-0.3, -0.25) is 4.79 Å². The lowest BCUT2D eigenvalue weighted by Crippen LogP contribution is -2.14. The fourth-order valence-corrected chi connectivity index (χ4v) is 3.49. The number of ether oxygens (including phenoxy) is 1. The summed E-state index contributed by atoms with van der Waals surface area (Å²) in [6.45, 7) is 4.00. The van der Waals surface area contributed by atoms with Crippen LogP contribution in [-0.4, -0.2) is 18.5 Å². The molecule has 3 aromatic rings. The van der Waals surface area contributed by atoms with Crippen molar-refractivity contribution in [3.63, 3.8) is 0 Å². The van der Waals surface area contributed by atoms with Crippen molar-refractivity contribution in [3.05, 3.63) is 76.7 Å². The summed E-state index contributed by atoms with van der Waals surface area (Å²) in [4.78, 5) is 26.1. The number of esters is 1. The average molecular weight is 365 g/mol. The van der Waals surface area contributed by atoms with Crippen molar-refractivity contribution in [2.45, 2.75) is 13.8 Å². The van der Waals surface area contributed by atoms with Crippen molar-refractivity contribution in [1.29, 1.82) is 0 Å². The van der Waals surface area contributed by atoms with Gasteiger partial charge in [0.2, 0.25) is 0 Å². The molecule has 132 valence electrons. The van der Waals surface area contributed by atoms with E-state index in [0.29, 0.717) is 16.1 Å². The zero-order valence-electron chi connectivity index (χ0n) is 14.6. The molecule has 1 heterocycles. The van der Waals surface area contributed by atoms with Gasteiger partial charge in [-0.05, 0) is 37.6 Å². The van der Waals surface area contributed by atoms with Gasteiger partial charge in [0.1, 0.15) is 4.88 Å². The van der Waals surface area contributed by atoms with E-state index in [4.69, 9.17) is 4.74 Å². The van der Waals surface area contributed by atoms with Crippen LogP contribution in [0.15, 0.2) is 60.7 Å². The number of amides is 1. The molecule has 0 aliphatic carbocycles. The molecule has 2 aromatic carbocycles. The minimum Gasteiger partial charge on any atom is -0.462 e. The molecule has 1 amide bonds. The Balaban J connectivity index is 1.93. The molecule has 0 saturated heterocycles. The standard InChI is InChI=1S/C21H19NO3S/c1-3-25-21(24)19-17(13-18(26-19)15-7-5-4-6-8-15)22-20(23)16-11-9-14(2)10-12-16/h4-13H,3H2,1-2H3,(H,22,23). The van der Waals surface area contributed by atoms with Crippen molar-refractivity contribution < 1.29 is 14.3 Å². The van der Waals surface area contributed by atoms with E-state index in [9.17, 15) is 9.59 Å². The van der Waals surface area contributed by atoms with Gasteiger partial charge < -0.3 is 10.1 Å². The smallest absolute Gasteiger partial charge is 0.350 e. The zero-order valence-corrected chi connectivity index (χ0v) is 15.4. The monoisotopic (exact) mass is 365 g/mol. The van der Waals surface area contributed by atoms with E-state index >= 15 is 0 Å². The van der Waals surface area contributed by atoms with Crippen molar-refractivity contribution in [1.82, 2.24) is 0 Å². The molecule has 4 nitrogen and oxygen atoms in total. The van der Waals surface area contributed by atoms with Crippen LogP contribution in [0.1, 0.15) is 32.5 Å². The van der Waals surface area contributed by atoms with Gasteiger partial charge >= 0.3 is 5.97 Å². The third kappa shape index (κ3) is 4.00. The van der Waals surface area contributed by atoms with Crippen LogP contribution >= 0.6 is 11.3 Å². The number of nitrogens with one attached hydrogen (secondary N) is 1. The van der Waals surface area contributed by atoms with Gasteiger partial charge in [-0.15, -0.1) is 11.3 Å². The van der Waals surface area contributed by atoms with Crippen LogP contribution in [0, 0.1) is 6.92 Å². The number of hydrogen-bond acceptors (Lipinski definition) is 4. The molecule has 0 aliphatic heterocycles. The maximum Gasteiger partial charge on any atom is 0.350 e. The molecule has 0 unspecified atom stereocenters. The van der Waals surface area contributed by atoms with Crippen molar-refractivity contribution >= 4 is 28.9 Å². The summed E-state index contributed by atoms with van der Waals surface area (Å²) < 4.78 is 5.14. The van der Waals surface area contributed by atoms with Crippen molar-refractivity contribution in [3.8, 4) is 10.4 Å². The topological polar surface area (TPSA) is 55.4 Å². The second-order valence-electron chi connectivity index (χ2n) is 5.76. The summed E-state index contributed by atoms with van der Waals surface area (Å²) in [7, 11) is 0. The zero-order chi connectivity index (χ0) is 18.5.